The maximum absolute atomic E-state index is 11.7. The van der Waals surface area contributed by atoms with Gasteiger partial charge in [-0.25, -0.2) is 4.79 Å². The number of nitrogens with zero attached hydrogens (tertiary/aromatic N) is 1. The second-order valence-electron chi connectivity index (χ2n) is 4.09. The molecule has 1 rings (SSSR count). The van der Waals surface area contributed by atoms with Crippen molar-refractivity contribution in [3.05, 3.63) is 29.8 Å². The van der Waals surface area contributed by atoms with Crippen molar-refractivity contribution in [3.8, 4) is 11.8 Å². The largest absolute Gasteiger partial charge is 0.493 e. The molecule has 19 heavy (non-hydrogen) atoms. The molecule has 0 amide bonds. The topological polar surface area (TPSA) is 59.3 Å². The summed E-state index contributed by atoms with van der Waals surface area (Å²) >= 11 is 0. The third-order valence-electron chi connectivity index (χ3n) is 2.78. The molecule has 0 N–H and O–H groups in total. The molecule has 0 spiro atoms. The lowest BCUT2D eigenvalue weighted by Crippen LogP contribution is -2.10. The lowest BCUT2D eigenvalue weighted by atomic mass is 10.1. The number of benzene rings is 1. The Hall–Kier alpha value is -2.02. The van der Waals surface area contributed by atoms with Crippen LogP contribution in [-0.2, 0) is 4.74 Å². The van der Waals surface area contributed by atoms with E-state index in [1.54, 1.807) is 31.2 Å². The fourth-order valence-corrected chi connectivity index (χ4v) is 1.64. The van der Waals surface area contributed by atoms with Gasteiger partial charge in [0.05, 0.1) is 19.3 Å². The molecule has 1 atom stereocenters. The van der Waals surface area contributed by atoms with Crippen LogP contribution in [0.25, 0.3) is 0 Å². The van der Waals surface area contributed by atoms with Gasteiger partial charge >= 0.3 is 5.97 Å². The van der Waals surface area contributed by atoms with Crippen LogP contribution in [0.5, 0.6) is 5.75 Å². The molecule has 1 aromatic carbocycles. The predicted molar refractivity (Wildman–Crippen MR) is 71.9 cm³/mol. The van der Waals surface area contributed by atoms with Crippen molar-refractivity contribution in [2.24, 2.45) is 5.92 Å². The molecule has 1 unspecified atom stereocenters. The van der Waals surface area contributed by atoms with E-state index in [2.05, 4.69) is 6.07 Å². The molecule has 0 heterocycles. The minimum absolute atomic E-state index is 0.00486. The van der Waals surface area contributed by atoms with E-state index in [0.717, 1.165) is 6.42 Å². The molecule has 0 radical (unpaired) electrons. The predicted octanol–water partition coefficient (Wildman–Crippen LogP) is 3.18. The Balaban J connectivity index is 2.63. The maximum atomic E-state index is 11.7. The van der Waals surface area contributed by atoms with Crippen LogP contribution in [0.1, 0.15) is 37.0 Å². The van der Waals surface area contributed by atoms with E-state index < -0.39 is 0 Å². The number of carbonyl (C=O) groups excluding carboxylic acids is 1. The van der Waals surface area contributed by atoms with Crippen molar-refractivity contribution in [2.45, 2.75) is 26.7 Å². The highest BCUT2D eigenvalue weighted by molar-refractivity contribution is 5.92. The van der Waals surface area contributed by atoms with Gasteiger partial charge in [0, 0.05) is 5.92 Å². The first kappa shape index (κ1) is 15.0. The Kier molecular flexibility index (Phi) is 6.45. The van der Waals surface area contributed by atoms with Crippen molar-refractivity contribution in [3.63, 3.8) is 0 Å². The average Bonchev–Trinajstić information content (AvgIpc) is 2.44. The summed E-state index contributed by atoms with van der Waals surface area (Å²) in [4.78, 5) is 11.7. The number of hydrogen-bond donors (Lipinski definition) is 0. The Morgan fingerprint density at radius 2 is 2.11 bits per heavy atom. The molecule has 0 aliphatic heterocycles. The van der Waals surface area contributed by atoms with E-state index in [9.17, 15) is 4.79 Å². The lowest BCUT2D eigenvalue weighted by molar-refractivity contribution is 0.0521. The summed E-state index contributed by atoms with van der Waals surface area (Å²) in [6.07, 6.45) is 1.46. The third-order valence-corrected chi connectivity index (χ3v) is 2.78. The molecule has 0 aromatic heterocycles. The summed E-state index contributed by atoms with van der Waals surface area (Å²) in [5.74, 6) is 0.119. The Labute approximate surface area is 113 Å². The molecular weight excluding hydrogens is 242 g/mol. The Morgan fingerprint density at radius 3 is 2.74 bits per heavy atom. The number of ether oxygens (including phenoxy) is 2. The van der Waals surface area contributed by atoms with Crippen molar-refractivity contribution in [2.75, 3.05) is 13.2 Å². The molecule has 0 aliphatic rings. The van der Waals surface area contributed by atoms with Gasteiger partial charge in [0.15, 0.2) is 0 Å². The van der Waals surface area contributed by atoms with Gasteiger partial charge < -0.3 is 9.47 Å². The van der Waals surface area contributed by atoms with Crippen LogP contribution in [0.4, 0.5) is 0 Å². The fraction of sp³-hybridized carbons (Fsp3) is 0.467. The van der Waals surface area contributed by atoms with Crippen LogP contribution in [0.2, 0.25) is 0 Å². The molecule has 0 bridgehead atoms. The standard InChI is InChI=1S/C15H19NO3/c1-3-12(11-16)9-10-19-14-8-6-5-7-13(14)15(17)18-4-2/h5-8,12H,3-4,9-10H2,1-2H3. The van der Waals surface area contributed by atoms with Crippen molar-refractivity contribution < 1.29 is 14.3 Å². The van der Waals surface area contributed by atoms with Crippen molar-refractivity contribution in [1.82, 2.24) is 0 Å². The first-order chi connectivity index (χ1) is 9.22. The van der Waals surface area contributed by atoms with Crippen LogP contribution in [0.15, 0.2) is 24.3 Å². The van der Waals surface area contributed by atoms with E-state index >= 15 is 0 Å². The molecule has 0 aliphatic carbocycles. The van der Waals surface area contributed by atoms with Crippen LogP contribution in [-0.4, -0.2) is 19.2 Å². The SMILES string of the molecule is CCOC(=O)c1ccccc1OCCC(C#N)CC. The first-order valence-electron chi connectivity index (χ1n) is 6.51. The normalized spacial score (nSPS) is 11.4. The molecule has 0 saturated carbocycles. The summed E-state index contributed by atoms with van der Waals surface area (Å²) in [5.41, 5.74) is 0.425. The maximum Gasteiger partial charge on any atom is 0.341 e. The van der Waals surface area contributed by atoms with Crippen LogP contribution in [0.3, 0.4) is 0 Å². The fourth-order valence-electron chi connectivity index (χ4n) is 1.64. The van der Waals surface area contributed by atoms with Gasteiger partial charge in [-0.15, -0.1) is 0 Å². The molecule has 0 saturated heterocycles. The molecule has 4 nitrogen and oxygen atoms in total. The van der Waals surface area contributed by atoms with Gasteiger partial charge in [-0.3, -0.25) is 0 Å². The van der Waals surface area contributed by atoms with E-state index in [1.807, 2.05) is 6.92 Å². The van der Waals surface area contributed by atoms with Gasteiger partial charge in [-0.1, -0.05) is 19.1 Å². The van der Waals surface area contributed by atoms with Gasteiger partial charge in [0.1, 0.15) is 11.3 Å². The van der Waals surface area contributed by atoms with E-state index in [4.69, 9.17) is 14.7 Å². The number of carbonyl (C=O) groups is 1. The summed E-state index contributed by atoms with van der Waals surface area (Å²) < 4.78 is 10.6. The molecule has 0 fully saturated rings. The Morgan fingerprint density at radius 1 is 1.37 bits per heavy atom. The number of esters is 1. The van der Waals surface area contributed by atoms with Crippen molar-refractivity contribution in [1.29, 1.82) is 5.26 Å². The summed E-state index contributed by atoms with van der Waals surface area (Å²) in [6, 6.07) is 9.21. The zero-order chi connectivity index (χ0) is 14.1. The lowest BCUT2D eigenvalue weighted by Gasteiger charge is -2.11. The number of rotatable bonds is 7. The highest BCUT2D eigenvalue weighted by atomic mass is 16.5. The summed E-state index contributed by atoms with van der Waals surface area (Å²) in [5, 5.41) is 8.86. The molecular formula is C15H19NO3. The van der Waals surface area contributed by atoms with Gasteiger partial charge in [-0.05, 0) is 31.9 Å². The van der Waals surface area contributed by atoms with Crippen LogP contribution >= 0.6 is 0 Å². The van der Waals surface area contributed by atoms with Gasteiger partial charge in [-0.2, -0.15) is 5.26 Å². The average molecular weight is 261 g/mol. The Bertz CT molecular complexity index is 451. The van der Waals surface area contributed by atoms with Crippen molar-refractivity contribution >= 4 is 5.97 Å². The molecule has 4 heteroatoms. The minimum Gasteiger partial charge on any atom is -0.493 e. The zero-order valence-corrected chi connectivity index (χ0v) is 11.4. The summed E-state index contributed by atoms with van der Waals surface area (Å²) in [6.45, 7) is 4.49. The second kappa shape index (κ2) is 8.15. The molecule has 102 valence electrons. The van der Waals surface area contributed by atoms with E-state index in [-0.39, 0.29) is 11.9 Å². The van der Waals surface area contributed by atoms with Crippen LogP contribution < -0.4 is 4.74 Å². The van der Waals surface area contributed by atoms with E-state index in [0.29, 0.717) is 30.9 Å². The molecule has 1 aromatic rings. The minimum atomic E-state index is -0.384. The summed E-state index contributed by atoms with van der Waals surface area (Å²) in [7, 11) is 0. The monoisotopic (exact) mass is 261 g/mol. The highest BCUT2D eigenvalue weighted by Crippen LogP contribution is 2.20. The quantitative estimate of drug-likeness (QED) is 0.707. The smallest absolute Gasteiger partial charge is 0.341 e. The van der Waals surface area contributed by atoms with Gasteiger partial charge in [0.25, 0.3) is 0 Å². The third kappa shape index (κ3) is 4.63. The number of hydrogen-bond acceptors (Lipinski definition) is 4. The second-order valence-corrected chi connectivity index (χ2v) is 4.09. The number of nitriles is 1. The zero-order valence-electron chi connectivity index (χ0n) is 11.4. The number of para-hydroxylation sites is 1. The van der Waals surface area contributed by atoms with Gasteiger partial charge in [0.2, 0.25) is 0 Å². The van der Waals surface area contributed by atoms with Crippen LogP contribution in [0, 0.1) is 17.2 Å². The van der Waals surface area contributed by atoms with E-state index in [1.165, 1.54) is 0 Å². The highest BCUT2D eigenvalue weighted by Gasteiger charge is 2.13. The first-order valence-corrected chi connectivity index (χ1v) is 6.51.